The Labute approximate surface area is 221 Å². The molecule has 0 fully saturated rings. The third-order valence-corrected chi connectivity index (χ3v) is 8.76. The van der Waals surface area contributed by atoms with Crippen molar-refractivity contribution in [2.45, 2.75) is 17.5 Å². The van der Waals surface area contributed by atoms with Crippen molar-refractivity contribution in [3.05, 3.63) is 68.3 Å². The number of anilines is 1. The molecule has 4 rings (SSSR count). The zero-order chi connectivity index (χ0) is 26.0. The fourth-order valence-electron chi connectivity index (χ4n) is 3.52. The van der Waals surface area contributed by atoms with Crippen LogP contribution in [-0.4, -0.2) is 51.0 Å². The first kappa shape index (κ1) is 26.2. The number of carboxylic acids is 1. The summed E-state index contributed by atoms with van der Waals surface area (Å²) in [7, 11) is -2.13. The zero-order valence-corrected chi connectivity index (χ0v) is 21.9. The van der Waals surface area contributed by atoms with Crippen molar-refractivity contribution in [2.24, 2.45) is 0 Å². The zero-order valence-electron chi connectivity index (χ0n) is 18.7. The van der Waals surface area contributed by atoms with E-state index in [1.807, 2.05) is 0 Å². The van der Waals surface area contributed by atoms with Crippen LogP contribution in [0.15, 0.2) is 52.7 Å². The predicted octanol–water partition coefficient (Wildman–Crippen LogP) is 4.08. The Bertz CT molecular complexity index is 1410. The van der Waals surface area contributed by atoms with Gasteiger partial charge >= 0.3 is 5.97 Å². The predicted molar refractivity (Wildman–Crippen MR) is 136 cm³/mol. The number of nitrogens with one attached hydrogen (secondary N) is 1. The van der Waals surface area contributed by atoms with Gasteiger partial charge in [0.25, 0.3) is 5.91 Å². The molecule has 36 heavy (non-hydrogen) atoms. The molecule has 0 aliphatic carbocycles. The second-order valence-electron chi connectivity index (χ2n) is 7.74. The van der Waals surface area contributed by atoms with Crippen LogP contribution in [-0.2, 0) is 21.2 Å². The lowest BCUT2D eigenvalue weighted by Crippen LogP contribution is -2.47. The van der Waals surface area contributed by atoms with Crippen LogP contribution >= 0.6 is 34.5 Å². The Morgan fingerprint density at radius 3 is 2.61 bits per heavy atom. The lowest BCUT2D eigenvalue weighted by Gasteiger charge is -2.33. The fraction of sp³-hybridized carbons (Fsp3) is 0.217. The van der Waals surface area contributed by atoms with Crippen LogP contribution in [0.1, 0.15) is 15.2 Å². The summed E-state index contributed by atoms with van der Waals surface area (Å²) in [4.78, 5) is 26.7. The highest BCUT2D eigenvalue weighted by atomic mass is 35.5. The molecule has 1 aromatic heterocycles. The number of ether oxygens (including phenoxy) is 2. The van der Waals surface area contributed by atoms with Gasteiger partial charge in [-0.25, -0.2) is 13.2 Å². The number of methoxy groups -OCH3 is 1. The molecule has 2 heterocycles. The van der Waals surface area contributed by atoms with E-state index in [1.54, 1.807) is 17.5 Å². The standard InChI is InChI=1S/C23H20Cl2N2O7S2/c1-33-15-4-7-18-17(8-15)27(10-19(34-18)23(29)30)22(28)21-20(25)13(11-35-21)9-26-12-36(31,32)16-5-2-14(24)3-6-16/h2-8,11,19,26H,9-10,12H2,1H3,(H,29,30). The number of hydrogen-bond acceptors (Lipinski definition) is 8. The van der Waals surface area contributed by atoms with Gasteiger partial charge in [0.2, 0.25) is 6.10 Å². The van der Waals surface area contributed by atoms with Crippen LogP contribution in [0.5, 0.6) is 11.5 Å². The molecule has 0 radical (unpaired) electrons. The number of aliphatic carboxylic acids is 1. The van der Waals surface area contributed by atoms with Crippen molar-refractivity contribution < 1.29 is 32.6 Å². The molecule has 1 atom stereocenters. The number of halogens is 2. The number of fused-ring (bicyclic) bond motifs is 1. The van der Waals surface area contributed by atoms with Crippen molar-refractivity contribution in [1.82, 2.24) is 5.32 Å². The number of carbonyl (C=O) groups excluding carboxylic acids is 1. The minimum Gasteiger partial charge on any atom is -0.497 e. The number of hydrogen-bond donors (Lipinski definition) is 2. The van der Waals surface area contributed by atoms with Gasteiger partial charge in [-0.2, -0.15) is 0 Å². The van der Waals surface area contributed by atoms with Crippen LogP contribution in [0.4, 0.5) is 5.69 Å². The van der Waals surface area contributed by atoms with Crippen LogP contribution in [0.25, 0.3) is 0 Å². The average Bonchev–Trinajstić information content (AvgIpc) is 3.22. The molecule has 0 saturated heterocycles. The molecular weight excluding hydrogens is 551 g/mol. The van der Waals surface area contributed by atoms with Gasteiger partial charge in [-0.15, -0.1) is 11.3 Å². The van der Waals surface area contributed by atoms with Crippen LogP contribution in [0.2, 0.25) is 10.0 Å². The van der Waals surface area contributed by atoms with Crippen molar-refractivity contribution in [1.29, 1.82) is 0 Å². The lowest BCUT2D eigenvalue weighted by molar-refractivity contribution is -0.144. The molecule has 1 amide bonds. The minimum absolute atomic E-state index is 0.0979. The molecule has 0 spiro atoms. The average molecular weight is 571 g/mol. The molecule has 3 aromatic rings. The summed E-state index contributed by atoms with van der Waals surface area (Å²) in [6.45, 7) is -0.129. The normalized spacial score (nSPS) is 15.2. The van der Waals surface area contributed by atoms with E-state index in [9.17, 15) is 23.1 Å². The second-order valence-corrected chi connectivity index (χ2v) is 11.4. The van der Waals surface area contributed by atoms with Crippen molar-refractivity contribution in [3.8, 4) is 11.5 Å². The highest BCUT2D eigenvalue weighted by Gasteiger charge is 2.36. The first-order chi connectivity index (χ1) is 17.1. The Balaban J connectivity index is 1.52. The van der Waals surface area contributed by atoms with Gasteiger partial charge in [0.1, 0.15) is 22.3 Å². The van der Waals surface area contributed by atoms with Gasteiger partial charge in [0.15, 0.2) is 9.84 Å². The van der Waals surface area contributed by atoms with E-state index >= 15 is 0 Å². The van der Waals surface area contributed by atoms with Gasteiger partial charge < -0.3 is 14.6 Å². The molecule has 1 unspecified atom stereocenters. The van der Waals surface area contributed by atoms with Gasteiger partial charge in [0, 0.05) is 17.6 Å². The van der Waals surface area contributed by atoms with Gasteiger partial charge in [-0.05, 0) is 47.3 Å². The number of rotatable bonds is 8. The minimum atomic E-state index is -3.61. The Hall–Kier alpha value is -2.83. The summed E-state index contributed by atoms with van der Waals surface area (Å²) in [6, 6.07) is 10.6. The van der Waals surface area contributed by atoms with Crippen LogP contribution < -0.4 is 19.7 Å². The quantitative estimate of drug-likeness (QED) is 0.415. The molecular formula is C23H20Cl2N2O7S2. The molecule has 1 aliphatic heterocycles. The van der Waals surface area contributed by atoms with E-state index in [0.29, 0.717) is 22.0 Å². The maximum Gasteiger partial charge on any atom is 0.346 e. The summed E-state index contributed by atoms with van der Waals surface area (Å²) in [5, 5.41) is 14.6. The van der Waals surface area contributed by atoms with E-state index in [0.717, 1.165) is 11.3 Å². The number of amides is 1. The van der Waals surface area contributed by atoms with E-state index in [2.05, 4.69) is 5.32 Å². The maximum absolute atomic E-state index is 13.4. The fourth-order valence-corrected chi connectivity index (χ4v) is 6.04. The number of carbonyl (C=O) groups is 2. The highest BCUT2D eigenvalue weighted by molar-refractivity contribution is 7.91. The molecule has 9 nitrogen and oxygen atoms in total. The summed E-state index contributed by atoms with van der Waals surface area (Å²) in [5.41, 5.74) is 0.889. The Kier molecular flexibility index (Phi) is 7.76. The largest absolute Gasteiger partial charge is 0.497 e. The number of carboxylic acid groups (broad SMARTS) is 1. The summed E-state index contributed by atoms with van der Waals surface area (Å²) >= 11 is 13.4. The SMILES string of the molecule is COc1ccc2c(c1)N(C(=O)c1scc(CNCS(=O)(=O)c3ccc(Cl)cc3)c1Cl)CC(C(=O)O)O2. The summed E-state index contributed by atoms with van der Waals surface area (Å²) in [6.07, 6.45) is -1.26. The van der Waals surface area contributed by atoms with Crippen LogP contribution in [0.3, 0.4) is 0 Å². The number of nitrogens with zero attached hydrogens (tertiary/aromatic N) is 1. The molecule has 190 valence electrons. The lowest BCUT2D eigenvalue weighted by atomic mass is 10.1. The van der Waals surface area contributed by atoms with E-state index in [-0.39, 0.29) is 39.5 Å². The molecule has 13 heteroatoms. The third-order valence-electron chi connectivity index (χ3n) is 5.37. The summed E-state index contributed by atoms with van der Waals surface area (Å²) < 4.78 is 35.8. The first-order valence-corrected chi connectivity index (χ1v) is 13.7. The van der Waals surface area contributed by atoms with E-state index < -0.39 is 27.8 Å². The molecule has 0 bridgehead atoms. The van der Waals surface area contributed by atoms with Crippen LogP contribution in [0, 0.1) is 0 Å². The smallest absolute Gasteiger partial charge is 0.346 e. The monoisotopic (exact) mass is 570 g/mol. The molecule has 2 N–H and O–H groups in total. The van der Waals surface area contributed by atoms with Crippen molar-refractivity contribution in [2.75, 3.05) is 24.4 Å². The molecule has 0 saturated carbocycles. The molecule has 2 aromatic carbocycles. The number of benzene rings is 2. The first-order valence-electron chi connectivity index (χ1n) is 10.4. The number of sulfone groups is 1. The van der Waals surface area contributed by atoms with Crippen molar-refractivity contribution >= 4 is 61.9 Å². The second kappa shape index (κ2) is 10.7. The van der Waals surface area contributed by atoms with Gasteiger partial charge in [-0.3, -0.25) is 15.0 Å². The topological polar surface area (TPSA) is 122 Å². The molecule has 1 aliphatic rings. The Morgan fingerprint density at radius 2 is 1.94 bits per heavy atom. The van der Waals surface area contributed by atoms with Crippen molar-refractivity contribution in [3.63, 3.8) is 0 Å². The highest BCUT2D eigenvalue weighted by Crippen LogP contribution is 2.39. The van der Waals surface area contributed by atoms with E-state index in [4.69, 9.17) is 32.7 Å². The van der Waals surface area contributed by atoms with E-state index in [1.165, 1.54) is 42.3 Å². The van der Waals surface area contributed by atoms with Gasteiger partial charge in [-0.1, -0.05) is 23.2 Å². The maximum atomic E-state index is 13.4. The number of thiophene rings is 1. The Morgan fingerprint density at radius 1 is 1.22 bits per heavy atom. The van der Waals surface area contributed by atoms with Gasteiger partial charge in [0.05, 0.1) is 29.3 Å². The summed E-state index contributed by atoms with van der Waals surface area (Å²) in [5.74, 6) is -1.37. The third kappa shape index (κ3) is 5.45.